The molecule has 40 heavy (non-hydrogen) atoms. The molecule has 1 N–H and O–H groups in total. The van der Waals surface area contributed by atoms with Crippen LogP contribution in [0.5, 0.6) is 17.2 Å². The van der Waals surface area contributed by atoms with Gasteiger partial charge in [-0.1, -0.05) is 30.3 Å². The second-order valence-corrected chi connectivity index (χ2v) is 8.85. The quantitative estimate of drug-likeness (QED) is 0.256. The lowest BCUT2D eigenvalue weighted by Gasteiger charge is -2.17. The maximum atomic E-state index is 13.7. The van der Waals surface area contributed by atoms with Gasteiger partial charge in [0.25, 0.3) is 5.91 Å². The van der Waals surface area contributed by atoms with Crippen molar-refractivity contribution in [2.45, 2.75) is 6.61 Å². The minimum atomic E-state index is -0.861. The number of halogens is 2. The first-order valence-electron chi connectivity index (χ1n) is 12.2. The van der Waals surface area contributed by atoms with Crippen LogP contribution in [-0.4, -0.2) is 24.7 Å². The van der Waals surface area contributed by atoms with Crippen LogP contribution in [0.2, 0.25) is 0 Å². The molecule has 1 aromatic heterocycles. The molecule has 202 valence electrons. The molecule has 5 rings (SSSR count). The van der Waals surface area contributed by atoms with E-state index in [-0.39, 0.29) is 16.6 Å². The van der Waals surface area contributed by atoms with E-state index in [1.54, 1.807) is 41.0 Å². The molecule has 0 unspecified atom stereocenters. The van der Waals surface area contributed by atoms with Gasteiger partial charge in [0.1, 0.15) is 29.6 Å². The van der Waals surface area contributed by atoms with Gasteiger partial charge in [0.15, 0.2) is 11.5 Å². The van der Waals surface area contributed by atoms with Crippen molar-refractivity contribution in [2.75, 3.05) is 19.5 Å². The van der Waals surface area contributed by atoms with E-state index in [1.807, 2.05) is 30.3 Å². The van der Waals surface area contributed by atoms with E-state index < -0.39 is 23.0 Å². The average Bonchev–Trinajstić information content (AvgIpc) is 2.95. The molecule has 0 radical (unpaired) electrons. The Bertz CT molecular complexity index is 1750. The first-order chi connectivity index (χ1) is 19.4. The van der Waals surface area contributed by atoms with Crippen LogP contribution < -0.4 is 25.0 Å². The second-order valence-electron chi connectivity index (χ2n) is 8.85. The van der Waals surface area contributed by atoms with Gasteiger partial charge in [0.05, 0.1) is 19.7 Å². The summed E-state index contributed by atoms with van der Waals surface area (Å²) in [6.45, 7) is 0.317. The zero-order valence-electron chi connectivity index (χ0n) is 21.6. The molecule has 0 spiro atoms. The third-order valence-electron chi connectivity index (χ3n) is 6.23. The van der Waals surface area contributed by atoms with Crippen LogP contribution in [0.4, 0.5) is 14.5 Å². The van der Waals surface area contributed by atoms with E-state index in [2.05, 4.69) is 5.32 Å². The van der Waals surface area contributed by atoms with Crippen molar-refractivity contribution in [2.24, 2.45) is 0 Å². The molecule has 0 aliphatic carbocycles. The molecular formula is C31H24F2N2O5. The smallest absolute Gasteiger partial charge is 0.261 e. The van der Waals surface area contributed by atoms with Crippen LogP contribution in [0, 0.1) is 11.6 Å². The molecule has 0 saturated heterocycles. The highest BCUT2D eigenvalue weighted by atomic mass is 19.1. The molecule has 0 aliphatic heterocycles. The number of benzene rings is 4. The van der Waals surface area contributed by atoms with Gasteiger partial charge in [-0.2, -0.15) is 0 Å². The zero-order valence-corrected chi connectivity index (χ0v) is 21.6. The number of nitrogens with one attached hydrogen (secondary N) is 1. The summed E-state index contributed by atoms with van der Waals surface area (Å²) in [5.41, 5.74) is 1.09. The fourth-order valence-corrected chi connectivity index (χ4v) is 4.31. The molecule has 1 heterocycles. The lowest BCUT2D eigenvalue weighted by molar-refractivity contribution is 0.102. The van der Waals surface area contributed by atoms with E-state index in [9.17, 15) is 18.4 Å². The number of rotatable bonds is 8. The lowest BCUT2D eigenvalue weighted by Crippen LogP contribution is -2.24. The Morgan fingerprint density at radius 3 is 2.27 bits per heavy atom. The van der Waals surface area contributed by atoms with Crippen molar-refractivity contribution in [1.82, 2.24) is 4.57 Å². The summed E-state index contributed by atoms with van der Waals surface area (Å²) in [7, 11) is 3.01. The minimum absolute atomic E-state index is 0.121. The number of carbonyl (C=O) groups excluding carboxylic acids is 1. The van der Waals surface area contributed by atoms with Crippen molar-refractivity contribution in [1.29, 1.82) is 0 Å². The first-order valence-corrected chi connectivity index (χ1v) is 12.2. The van der Waals surface area contributed by atoms with Crippen molar-refractivity contribution < 1.29 is 27.8 Å². The van der Waals surface area contributed by atoms with Crippen LogP contribution in [-0.2, 0) is 6.61 Å². The number of ether oxygens (including phenoxy) is 3. The Labute approximate surface area is 228 Å². The SMILES string of the molecule is COc1ccc(-n2cc(C(=O)Nc3cc(F)cc(F)c3)c(=O)c3ccc(OCc4ccccc4)cc32)cc1OC. The first kappa shape index (κ1) is 26.4. The number of methoxy groups -OCH3 is 2. The third kappa shape index (κ3) is 5.49. The Morgan fingerprint density at radius 2 is 1.57 bits per heavy atom. The molecule has 0 bridgehead atoms. The van der Waals surface area contributed by atoms with Gasteiger partial charge in [-0.15, -0.1) is 0 Å². The molecule has 4 aromatic carbocycles. The molecule has 5 aromatic rings. The summed E-state index contributed by atoms with van der Waals surface area (Å²) in [6, 6.07) is 22.3. The number of carbonyl (C=O) groups is 1. The van der Waals surface area contributed by atoms with Crippen LogP contribution in [0.25, 0.3) is 16.6 Å². The van der Waals surface area contributed by atoms with E-state index in [0.717, 1.165) is 17.7 Å². The molecule has 7 nitrogen and oxygen atoms in total. The van der Waals surface area contributed by atoms with Gasteiger partial charge in [-0.25, -0.2) is 8.78 Å². The summed E-state index contributed by atoms with van der Waals surface area (Å²) in [5, 5.41) is 2.65. The number of anilines is 1. The summed E-state index contributed by atoms with van der Waals surface area (Å²) >= 11 is 0. The molecule has 0 aliphatic rings. The lowest BCUT2D eigenvalue weighted by atomic mass is 10.1. The van der Waals surface area contributed by atoms with E-state index in [4.69, 9.17) is 14.2 Å². The fraction of sp³-hybridized carbons (Fsp3) is 0.0968. The van der Waals surface area contributed by atoms with E-state index >= 15 is 0 Å². The Hall–Kier alpha value is -5.18. The van der Waals surface area contributed by atoms with E-state index in [1.165, 1.54) is 20.4 Å². The Kier molecular flexibility index (Phi) is 7.46. The highest BCUT2D eigenvalue weighted by Crippen LogP contribution is 2.31. The third-order valence-corrected chi connectivity index (χ3v) is 6.23. The monoisotopic (exact) mass is 542 g/mol. The predicted molar refractivity (Wildman–Crippen MR) is 148 cm³/mol. The van der Waals surface area contributed by atoms with Gasteiger partial charge in [0.2, 0.25) is 5.43 Å². The summed E-state index contributed by atoms with van der Waals surface area (Å²) < 4.78 is 45.8. The number of nitrogens with zero attached hydrogens (tertiary/aromatic N) is 1. The Balaban J connectivity index is 1.62. The maximum Gasteiger partial charge on any atom is 0.261 e. The van der Waals surface area contributed by atoms with Gasteiger partial charge in [-0.3, -0.25) is 9.59 Å². The van der Waals surface area contributed by atoms with Crippen molar-refractivity contribution in [3.8, 4) is 22.9 Å². The summed E-state index contributed by atoms with van der Waals surface area (Å²) in [5.74, 6) is -1.11. The molecule has 0 saturated carbocycles. The number of aromatic nitrogens is 1. The number of hydrogen-bond donors (Lipinski definition) is 1. The summed E-state index contributed by atoms with van der Waals surface area (Å²) in [6.07, 6.45) is 1.37. The molecule has 1 amide bonds. The van der Waals surface area contributed by atoms with Gasteiger partial charge in [0, 0.05) is 41.2 Å². The Morgan fingerprint density at radius 1 is 0.850 bits per heavy atom. The van der Waals surface area contributed by atoms with Crippen molar-refractivity contribution in [3.63, 3.8) is 0 Å². The predicted octanol–water partition coefficient (Wildman–Crippen LogP) is 6.12. The minimum Gasteiger partial charge on any atom is -0.493 e. The highest BCUT2D eigenvalue weighted by Gasteiger charge is 2.19. The molecule has 9 heteroatoms. The number of amides is 1. The maximum absolute atomic E-state index is 13.7. The summed E-state index contributed by atoms with van der Waals surface area (Å²) in [4.78, 5) is 26.7. The second kappa shape index (κ2) is 11.3. The standard InChI is InChI=1S/C31H24F2N2O5/c1-38-28-11-8-23(15-29(28)39-2)35-17-26(31(37)34-22-13-20(32)12-21(33)14-22)30(36)25-10-9-24(16-27(25)35)40-18-19-6-4-3-5-7-19/h3-17H,18H2,1-2H3,(H,34,37). The number of pyridine rings is 1. The van der Waals surface area contributed by atoms with Crippen LogP contribution in [0.3, 0.4) is 0 Å². The average molecular weight is 543 g/mol. The van der Waals surface area contributed by atoms with E-state index in [0.29, 0.717) is 41.1 Å². The normalized spacial score (nSPS) is 10.8. The van der Waals surface area contributed by atoms with Crippen molar-refractivity contribution >= 4 is 22.5 Å². The molecule has 0 atom stereocenters. The topological polar surface area (TPSA) is 78.8 Å². The van der Waals surface area contributed by atoms with Crippen LogP contribution in [0.15, 0.2) is 95.9 Å². The van der Waals surface area contributed by atoms with Crippen LogP contribution in [0.1, 0.15) is 15.9 Å². The number of hydrogen-bond acceptors (Lipinski definition) is 5. The van der Waals surface area contributed by atoms with Gasteiger partial charge < -0.3 is 24.1 Å². The van der Waals surface area contributed by atoms with Gasteiger partial charge in [-0.05, 0) is 42.0 Å². The fourth-order valence-electron chi connectivity index (χ4n) is 4.31. The molecule has 0 fully saturated rings. The number of fused-ring (bicyclic) bond motifs is 1. The largest absolute Gasteiger partial charge is 0.493 e. The molecular weight excluding hydrogens is 518 g/mol. The van der Waals surface area contributed by atoms with Crippen molar-refractivity contribution in [3.05, 3.63) is 124 Å². The zero-order chi connectivity index (χ0) is 28.2. The highest BCUT2D eigenvalue weighted by molar-refractivity contribution is 6.06. The van der Waals surface area contributed by atoms with Gasteiger partial charge >= 0.3 is 0 Å². The van der Waals surface area contributed by atoms with Crippen LogP contribution >= 0.6 is 0 Å².